The van der Waals surface area contributed by atoms with Gasteiger partial charge < -0.3 is 14.8 Å². The van der Waals surface area contributed by atoms with Crippen molar-refractivity contribution in [2.75, 3.05) is 25.7 Å². The first-order valence-electron chi connectivity index (χ1n) is 7.64. The number of carbonyl (C=O) groups excluding carboxylic acids is 1. The standard InChI is InChI=1S/C18H19BrN2O3/c1-12-3-5-14(8-15(12)19)20-18(22)10-21(2)9-13-4-6-16-17(7-13)24-11-23-16/h3-8H,9-11H2,1-2H3,(H,20,22). The Morgan fingerprint density at radius 3 is 2.79 bits per heavy atom. The molecule has 1 N–H and O–H groups in total. The molecule has 0 aliphatic carbocycles. The maximum Gasteiger partial charge on any atom is 0.238 e. The number of nitrogens with zero attached hydrogens (tertiary/aromatic N) is 1. The quantitative estimate of drug-likeness (QED) is 0.847. The van der Waals surface area contributed by atoms with E-state index in [0.29, 0.717) is 13.1 Å². The number of aryl methyl sites for hydroxylation is 1. The fourth-order valence-corrected chi connectivity index (χ4v) is 2.90. The lowest BCUT2D eigenvalue weighted by Gasteiger charge is -2.17. The molecule has 6 heteroatoms. The van der Waals surface area contributed by atoms with Gasteiger partial charge in [-0.2, -0.15) is 0 Å². The molecule has 1 amide bonds. The summed E-state index contributed by atoms with van der Waals surface area (Å²) in [5, 5.41) is 2.91. The van der Waals surface area contributed by atoms with E-state index in [4.69, 9.17) is 9.47 Å². The molecule has 1 heterocycles. The van der Waals surface area contributed by atoms with Crippen LogP contribution in [-0.2, 0) is 11.3 Å². The molecular formula is C18H19BrN2O3. The van der Waals surface area contributed by atoms with Crippen LogP contribution < -0.4 is 14.8 Å². The van der Waals surface area contributed by atoms with Gasteiger partial charge in [0.25, 0.3) is 0 Å². The van der Waals surface area contributed by atoms with Crippen LogP contribution in [0.3, 0.4) is 0 Å². The van der Waals surface area contributed by atoms with Gasteiger partial charge in [-0.15, -0.1) is 0 Å². The predicted octanol–water partition coefficient (Wildman–Crippen LogP) is 3.56. The first-order chi connectivity index (χ1) is 11.5. The molecule has 0 aromatic heterocycles. The Morgan fingerprint density at radius 2 is 2.00 bits per heavy atom. The summed E-state index contributed by atoms with van der Waals surface area (Å²) in [7, 11) is 1.91. The molecule has 0 bridgehead atoms. The van der Waals surface area contributed by atoms with Crippen LogP contribution >= 0.6 is 15.9 Å². The minimum absolute atomic E-state index is 0.0472. The van der Waals surface area contributed by atoms with Gasteiger partial charge in [0.05, 0.1) is 6.54 Å². The van der Waals surface area contributed by atoms with Gasteiger partial charge in [0, 0.05) is 16.7 Å². The first-order valence-corrected chi connectivity index (χ1v) is 8.43. The summed E-state index contributed by atoms with van der Waals surface area (Å²) in [4.78, 5) is 14.1. The number of likely N-dealkylation sites (N-methyl/N-ethyl adjacent to an activating group) is 1. The van der Waals surface area contributed by atoms with Gasteiger partial charge in [-0.05, 0) is 49.4 Å². The Balaban J connectivity index is 1.55. The maximum atomic E-state index is 12.2. The monoisotopic (exact) mass is 390 g/mol. The lowest BCUT2D eigenvalue weighted by Crippen LogP contribution is -2.29. The summed E-state index contributed by atoms with van der Waals surface area (Å²) in [6, 6.07) is 11.6. The van der Waals surface area contributed by atoms with E-state index in [1.54, 1.807) is 0 Å². The smallest absolute Gasteiger partial charge is 0.238 e. The second kappa shape index (κ2) is 7.23. The first kappa shape index (κ1) is 16.8. The minimum Gasteiger partial charge on any atom is -0.454 e. The van der Waals surface area contributed by atoms with Crippen LogP contribution in [0, 0.1) is 6.92 Å². The molecule has 1 aliphatic rings. The van der Waals surface area contributed by atoms with Crippen molar-refractivity contribution in [3.8, 4) is 11.5 Å². The lowest BCUT2D eigenvalue weighted by atomic mass is 10.2. The van der Waals surface area contributed by atoms with E-state index in [1.807, 2.05) is 55.3 Å². The third kappa shape index (κ3) is 4.07. The minimum atomic E-state index is -0.0472. The molecule has 3 rings (SSSR count). The third-order valence-electron chi connectivity index (χ3n) is 3.76. The van der Waals surface area contributed by atoms with Gasteiger partial charge in [-0.1, -0.05) is 28.1 Å². The average Bonchev–Trinajstić information content (AvgIpc) is 2.98. The van der Waals surface area contributed by atoms with Crippen molar-refractivity contribution in [3.05, 3.63) is 52.0 Å². The summed E-state index contributed by atoms with van der Waals surface area (Å²) < 4.78 is 11.7. The van der Waals surface area contributed by atoms with Gasteiger partial charge in [-0.25, -0.2) is 0 Å². The van der Waals surface area contributed by atoms with E-state index < -0.39 is 0 Å². The van der Waals surface area contributed by atoms with Gasteiger partial charge in [0.2, 0.25) is 12.7 Å². The largest absolute Gasteiger partial charge is 0.454 e. The van der Waals surface area contributed by atoms with Crippen LogP contribution in [0.5, 0.6) is 11.5 Å². The summed E-state index contributed by atoms with van der Waals surface area (Å²) in [6.45, 7) is 3.24. The summed E-state index contributed by atoms with van der Waals surface area (Å²) in [6.07, 6.45) is 0. The van der Waals surface area contributed by atoms with Gasteiger partial charge in [0.15, 0.2) is 11.5 Å². The normalized spacial score (nSPS) is 12.5. The van der Waals surface area contributed by atoms with Crippen LogP contribution in [0.15, 0.2) is 40.9 Å². The van der Waals surface area contributed by atoms with E-state index >= 15 is 0 Å². The Morgan fingerprint density at radius 1 is 1.21 bits per heavy atom. The van der Waals surface area contributed by atoms with Crippen LogP contribution in [-0.4, -0.2) is 31.2 Å². The number of rotatable bonds is 5. The van der Waals surface area contributed by atoms with E-state index in [2.05, 4.69) is 21.2 Å². The number of amides is 1. The van der Waals surface area contributed by atoms with Crippen molar-refractivity contribution in [1.82, 2.24) is 4.90 Å². The van der Waals surface area contributed by atoms with Gasteiger partial charge in [-0.3, -0.25) is 9.69 Å². The predicted molar refractivity (Wildman–Crippen MR) is 96.4 cm³/mol. The molecule has 2 aromatic rings. The molecule has 0 spiro atoms. The Labute approximate surface area is 149 Å². The van der Waals surface area contributed by atoms with Gasteiger partial charge in [0.1, 0.15) is 0 Å². The summed E-state index contributed by atoms with van der Waals surface area (Å²) in [5.74, 6) is 1.48. The van der Waals surface area contributed by atoms with Crippen LogP contribution in [0.4, 0.5) is 5.69 Å². The Hall–Kier alpha value is -2.05. The fraction of sp³-hybridized carbons (Fsp3) is 0.278. The van der Waals surface area contributed by atoms with Crippen molar-refractivity contribution < 1.29 is 14.3 Å². The molecule has 0 atom stereocenters. The zero-order chi connectivity index (χ0) is 17.1. The van der Waals surface area contributed by atoms with Crippen molar-refractivity contribution in [3.63, 3.8) is 0 Å². The van der Waals surface area contributed by atoms with E-state index in [9.17, 15) is 4.79 Å². The zero-order valence-electron chi connectivity index (χ0n) is 13.6. The molecule has 1 aliphatic heterocycles. The van der Waals surface area contributed by atoms with Crippen LogP contribution in [0.1, 0.15) is 11.1 Å². The zero-order valence-corrected chi connectivity index (χ0v) is 15.2. The topological polar surface area (TPSA) is 50.8 Å². The SMILES string of the molecule is Cc1ccc(NC(=O)CN(C)Cc2ccc3c(c2)OCO3)cc1Br. The summed E-state index contributed by atoms with van der Waals surface area (Å²) >= 11 is 3.47. The number of carbonyl (C=O) groups is 1. The highest BCUT2D eigenvalue weighted by Crippen LogP contribution is 2.32. The van der Waals surface area contributed by atoms with Crippen LogP contribution in [0.2, 0.25) is 0 Å². The molecule has 0 saturated carbocycles. The number of ether oxygens (including phenoxy) is 2. The van der Waals surface area contributed by atoms with E-state index in [-0.39, 0.29) is 12.7 Å². The number of benzene rings is 2. The second-order valence-electron chi connectivity index (χ2n) is 5.87. The third-order valence-corrected chi connectivity index (χ3v) is 4.61. The highest BCUT2D eigenvalue weighted by Gasteiger charge is 2.14. The highest BCUT2D eigenvalue weighted by molar-refractivity contribution is 9.10. The number of nitrogens with one attached hydrogen (secondary N) is 1. The van der Waals surface area contributed by atoms with E-state index in [0.717, 1.165) is 32.8 Å². The molecule has 0 saturated heterocycles. The molecule has 0 radical (unpaired) electrons. The molecule has 0 fully saturated rings. The number of hydrogen-bond acceptors (Lipinski definition) is 4. The van der Waals surface area contributed by atoms with Crippen molar-refractivity contribution in [2.24, 2.45) is 0 Å². The maximum absolute atomic E-state index is 12.2. The lowest BCUT2D eigenvalue weighted by molar-refractivity contribution is -0.117. The molecule has 126 valence electrons. The molecule has 5 nitrogen and oxygen atoms in total. The van der Waals surface area contributed by atoms with Gasteiger partial charge >= 0.3 is 0 Å². The van der Waals surface area contributed by atoms with Crippen LogP contribution in [0.25, 0.3) is 0 Å². The second-order valence-corrected chi connectivity index (χ2v) is 6.73. The highest BCUT2D eigenvalue weighted by atomic mass is 79.9. The number of fused-ring (bicyclic) bond motifs is 1. The molecule has 24 heavy (non-hydrogen) atoms. The number of anilines is 1. The Kier molecular flexibility index (Phi) is 5.06. The molecule has 0 unspecified atom stereocenters. The molecule has 2 aromatic carbocycles. The number of halogens is 1. The Bertz CT molecular complexity index is 764. The average molecular weight is 391 g/mol. The van der Waals surface area contributed by atoms with E-state index in [1.165, 1.54) is 0 Å². The number of hydrogen-bond donors (Lipinski definition) is 1. The molecular weight excluding hydrogens is 372 g/mol. The van der Waals surface area contributed by atoms with Crippen molar-refractivity contribution in [2.45, 2.75) is 13.5 Å². The summed E-state index contributed by atoms with van der Waals surface area (Å²) in [5.41, 5.74) is 2.99. The fourth-order valence-electron chi connectivity index (χ4n) is 2.52. The van der Waals surface area contributed by atoms with Crippen molar-refractivity contribution >= 4 is 27.5 Å². The van der Waals surface area contributed by atoms with Crippen molar-refractivity contribution in [1.29, 1.82) is 0 Å².